The molecule has 0 saturated heterocycles. The van der Waals surface area contributed by atoms with Crippen molar-refractivity contribution in [2.75, 3.05) is 7.11 Å². The van der Waals surface area contributed by atoms with Crippen molar-refractivity contribution in [3.8, 4) is 11.3 Å². The lowest BCUT2D eigenvalue weighted by molar-refractivity contribution is -0.146. The molecular weight excluding hydrogens is 294 g/mol. The average molecular weight is 313 g/mol. The van der Waals surface area contributed by atoms with E-state index in [0.717, 1.165) is 33.6 Å². The minimum absolute atomic E-state index is 0.272. The maximum Gasteiger partial charge on any atom is 0.315 e. The second kappa shape index (κ2) is 5.26. The number of furan rings is 1. The lowest BCUT2D eigenvalue weighted by atomic mass is 9.84. The number of methoxy groups -OCH3 is 1. The summed E-state index contributed by atoms with van der Waals surface area (Å²) in [5.41, 5.74) is 2.57. The Labute approximate surface area is 134 Å². The van der Waals surface area contributed by atoms with Crippen LogP contribution in [-0.4, -0.2) is 18.2 Å². The molecule has 0 unspecified atom stereocenters. The van der Waals surface area contributed by atoms with E-state index in [1.54, 1.807) is 0 Å². The van der Waals surface area contributed by atoms with Crippen LogP contribution >= 0.6 is 0 Å². The molecule has 0 spiro atoms. The zero-order chi connectivity index (χ0) is 16.8. The van der Waals surface area contributed by atoms with Crippen molar-refractivity contribution in [1.82, 2.24) is 5.16 Å². The van der Waals surface area contributed by atoms with Gasteiger partial charge in [0.05, 0.1) is 23.8 Å². The Kier molecular flexibility index (Phi) is 3.51. The summed E-state index contributed by atoms with van der Waals surface area (Å²) < 4.78 is 16.0. The molecule has 3 rings (SSSR count). The SMILES string of the molecule is COC(=O)C(C)(C)c1ccc2oc(-c3c(C)noc3C)cc2c1. The standard InChI is InChI=1S/C18H19NO4/c1-10-16(11(2)23-19-10)15-9-12-8-13(6-7-14(12)22-15)18(3,4)17(20)21-5/h6-9H,1-5H3. The highest BCUT2D eigenvalue weighted by Gasteiger charge is 2.31. The monoisotopic (exact) mass is 313 g/mol. The zero-order valence-corrected chi connectivity index (χ0v) is 13.9. The fraction of sp³-hybridized carbons (Fsp3) is 0.333. The molecule has 0 amide bonds. The number of carbonyl (C=O) groups is 1. The molecule has 0 aliphatic rings. The third-order valence-corrected chi connectivity index (χ3v) is 4.21. The highest BCUT2D eigenvalue weighted by molar-refractivity contribution is 5.88. The van der Waals surface area contributed by atoms with Gasteiger partial charge >= 0.3 is 5.97 Å². The molecule has 0 saturated carbocycles. The van der Waals surface area contributed by atoms with E-state index in [1.165, 1.54) is 7.11 Å². The van der Waals surface area contributed by atoms with Gasteiger partial charge in [-0.2, -0.15) is 0 Å². The van der Waals surface area contributed by atoms with Crippen molar-refractivity contribution in [2.24, 2.45) is 0 Å². The number of fused-ring (bicyclic) bond motifs is 1. The van der Waals surface area contributed by atoms with Gasteiger partial charge in [-0.3, -0.25) is 4.79 Å². The van der Waals surface area contributed by atoms with Crippen molar-refractivity contribution >= 4 is 16.9 Å². The first-order valence-electron chi connectivity index (χ1n) is 7.40. The van der Waals surface area contributed by atoms with Crippen LogP contribution in [0, 0.1) is 13.8 Å². The van der Waals surface area contributed by atoms with E-state index < -0.39 is 5.41 Å². The topological polar surface area (TPSA) is 65.5 Å². The number of aryl methyl sites for hydroxylation is 2. The van der Waals surface area contributed by atoms with E-state index in [2.05, 4.69) is 5.16 Å². The molecule has 0 atom stereocenters. The third-order valence-electron chi connectivity index (χ3n) is 4.21. The van der Waals surface area contributed by atoms with Gasteiger partial charge in [-0.1, -0.05) is 11.2 Å². The Hall–Kier alpha value is -2.56. The number of hydrogen-bond donors (Lipinski definition) is 0. The van der Waals surface area contributed by atoms with Crippen LogP contribution in [0.2, 0.25) is 0 Å². The van der Waals surface area contributed by atoms with Gasteiger partial charge in [0.2, 0.25) is 0 Å². The van der Waals surface area contributed by atoms with Gasteiger partial charge in [0.25, 0.3) is 0 Å². The molecule has 2 aromatic heterocycles. The van der Waals surface area contributed by atoms with Gasteiger partial charge in [-0.25, -0.2) is 0 Å². The Balaban J connectivity index is 2.10. The fourth-order valence-corrected chi connectivity index (χ4v) is 2.76. The maximum absolute atomic E-state index is 12.0. The van der Waals surface area contributed by atoms with E-state index in [0.29, 0.717) is 5.76 Å². The number of esters is 1. The molecule has 0 aliphatic heterocycles. The van der Waals surface area contributed by atoms with Gasteiger partial charge in [-0.15, -0.1) is 0 Å². The molecule has 23 heavy (non-hydrogen) atoms. The summed E-state index contributed by atoms with van der Waals surface area (Å²) in [5.74, 6) is 1.16. The first-order valence-corrected chi connectivity index (χ1v) is 7.40. The average Bonchev–Trinajstić information content (AvgIpc) is 3.08. The third kappa shape index (κ3) is 2.42. The number of aromatic nitrogens is 1. The summed E-state index contributed by atoms with van der Waals surface area (Å²) >= 11 is 0. The smallest absolute Gasteiger partial charge is 0.315 e. The van der Waals surface area contributed by atoms with E-state index >= 15 is 0 Å². The zero-order valence-electron chi connectivity index (χ0n) is 13.9. The van der Waals surface area contributed by atoms with Crippen molar-refractivity contribution in [2.45, 2.75) is 33.1 Å². The van der Waals surface area contributed by atoms with Crippen LogP contribution in [0.4, 0.5) is 0 Å². The molecule has 0 radical (unpaired) electrons. The van der Waals surface area contributed by atoms with E-state index in [-0.39, 0.29) is 5.97 Å². The molecule has 0 N–H and O–H groups in total. The fourth-order valence-electron chi connectivity index (χ4n) is 2.76. The lowest BCUT2D eigenvalue weighted by Gasteiger charge is -2.21. The molecule has 120 valence electrons. The van der Waals surface area contributed by atoms with Gasteiger partial charge < -0.3 is 13.7 Å². The van der Waals surface area contributed by atoms with Crippen LogP contribution in [0.15, 0.2) is 33.2 Å². The molecule has 2 heterocycles. The summed E-state index contributed by atoms with van der Waals surface area (Å²) in [7, 11) is 1.40. The molecule has 3 aromatic rings. The molecule has 5 nitrogen and oxygen atoms in total. The normalized spacial score (nSPS) is 11.9. The van der Waals surface area contributed by atoms with Crippen molar-refractivity contribution in [1.29, 1.82) is 0 Å². The summed E-state index contributed by atoms with van der Waals surface area (Å²) in [6, 6.07) is 7.66. The molecule has 1 aromatic carbocycles. The van der Waals surface area contributed by atoms with Crippen molar-refractivity contribution in [3.05, 3.63) is 41.3 Å². The summed E-state index contributed by atoms with van der Waals surface area (Å²) in [6.45, 7) is 7.42. The Bertz CT molecular complexity index is 866. The lowest BCUT2D eigenvalue weighted by Crippen LogP contribution is -2.30. The van der Waals surface area contributed by atoms with Crippen LogP contribution in [0.25, 0.3) is 22.3 Å². The van der Waals surface area contributed by atoms with Gasteiger partial charge in [0.15, 0.2) is 0 Å². The summed E-state index contributed by atoms with van der Waals surface area (Å²) in [6.07, 6.45) is 0. The van der Waals surface area contributed by atoms with Crippen molar-refractivity contribution in [3.63, 3.8) is 0 Å². The number of ether oxygens (including phenoxy) is 1. The van der Waals surface area contributed by atoms with Crippen LogP contribution in [0.5, 0.6) is 0 Å². The van der Waals surface area contributed by atoms with E-state index in [4.69, 9.17) is 13.7 Å². The number of carbonyl (C=O) groups excluding carboxylic acids is 1. The predicted octanol–water partition coefficient (Wildman–Crippen LogP) is 4.16. The van der Waals surface area contributed by atoms with Gasteiger partial charge in [0, 0.05) is 5.39 Å². The van der Waals surface area contributed by atoms with Gasteiger partial charge in [-0.05, 0) is 51.5 Å². The number of nitrogens with zero attached hydrogens (tertiary/aromatic N) is 1. The first-order chi connectivity index (χ1) is 10.8. The number of benzene rings is 1. The molecule has 0 aliphatic carbocycles. The minimum Gasteiger partial charge on any atom is -0.468 e. The maximum atomic E-state index is 12.0. The summed E-state index contributed by atoms with van der Waals surface area (Å²) in [4.78, 5) is 12.0. The minimum atomic E-state index is -0.719. The predicted molar refractivity (Wildman–Crippen MR) is 86.2 cm³/mol. The van der Waals surface area contributed by atoms with Crippen LogP contribution in [0.3, 0.4) is 0 Å². The van der Waals surface area contributed by atoms with E-state index in [1.807, 2.05) is 52.0 Å². The Morgan fingerprint density at radius 1 is 1.22 bits per heavy atom. The molecule has 5 heteroatoms. The Morgan fingerprint density at radius 2 is 1.96 bits per heavy atom. The summed E-state index contributed by atoms with van der Waals surface area (Å²) in [5, 5.41) is 4.88. The quantitative estimate of drug-likeness (QED) is 0.679. The van der Waals surface area contributed by atoms with Gasteiger partial charge in [0.1, 0.15) is 17.1 Å². The highest BCUT2D eigenvalue weighted by Crippen LogP contribution is 2.34. The Morgan fingerprint density at radius 3 is 2.57 bits per heavy atom. The largest absolute Gasteiger partial charge is 0.468 e. The molecular formula is C18H19NO4. The first kappa shape index (κ1) is 15.3. The highest BCUT2D eigenvalue weighted by atomic mass is 16.5. The van der Waals surface area contributed by atoms with Crippen LogP contribution < -0.4 is 0 Å². The second-order valence-corrected chi connectivity index (χ2v) is 6.18. The van der Waals surface area contributed by atoms with Crippen molar-refractivity contribution < 1.29 is 18.5 Å². The number of hydrogen-bond acceptors (Lipinski definition) is 5. The molecule has 0 fully saturated rings. The molecule has 0 bridgehead atoms. The van der Waals surface area contributed by atoms with E-state index in [9.17, 15) is 4.79 Å². The van der Waals surface area contributed by atoms with Crippen LogP contribution in [-0.2, 0) is 14.9 Å². The number of rotatable bonds is 3. The second-order valence-electron chi connectivity index (χ2n) is 6.18. The van der Waals surface area contributed by atoms with Crippen LogP contribution in [0.1, 0.15) is 30.9 Å².